The summed E-state index contributed by atoms with van der Waals surface area (Å²) in [4.78, 5) is 0. The lowest BCUT2D eigenvalue weighted by Gasteiger charge is -2.13. The van der Waals surface area contributed by atoms with Crippen molar-refractivity contribution in [2.24, 2.45) is 17.3 Å². The third-order valence-corrected chi connectivity index (χ3v) is 4.44. The summed E-state index contributed by atoms with van der Waals surface area (Å²) in [5.41, 5.74) is 3.13. The summed E-state index contributed by atoms with van der Waals surface area (Å²) in [6, 6.07) is 0. The van der Waals surface area contributed by atoms with Crippen molar-refractivity contribution >= 4 is 0 Å². The van der Waals surface area contributed by atoms with E-state index in [0.717, 1.165) is 12.8 Å². The number of aliphatic hydroxyl groups excluding tert-OH is 1. The molecule has 0 bridgehead atoms. The number of fused-ring (bicyclic) bond motifs is 1. The molecule has 0 aromatic heterocycles. The Morgan fingerprint density at radius 3 is 2.62 bits per heavy atom. The standard InChI is InChI=1S/C15H24O/c1-10-6-5-7-11(2)9-13(16)14-12(8-10)15(14,3)4/h7-8,12-14,16H,5-6,9H2,1-4H3/b10-8+,11-7-/t12-,13+,14-/m1/s1. The van der Waals surface area contributed by atoms with Crippen molar-refractivity contribution in [3.63, 3.8) is 0 Å². The number of hydrogen-bond acceptors (Lipinski definition) is 1. The maximum atomic E-state index is 10.3. The molecule has 0 heterocycles. The molecule has 0 radical (unpaired) electrons. The monoisotopic (exact) mass is 220 g/mol. The molecule has 1 saturated carbocycles. The first-order valence-corrected chi connectivity index (χ1v) is 6.44. The van der Waals surface area contributed by atoms with Gasteiger partial charge < -0.3 is 5.11 Å². The molecule has 16 heavy (non-hydrogen) atoms. The lowest BCUT2D eigenvalue weighted by atomic mass is 9.99. The topological polar surface area (TPSA) is 20.2 Å². The molecule has 0 aromatic rings. The fourth-order valence-corrected chi connectivity index (χ4v) is 3.25. The van der Waals surface area contributed by atoms with E-state index < -0.39 is 0 Å². The van der Waals surface area contributed by atoms with Crippen molar-refractivity contribution in [2.45, 2.75) is 53.1 Å². The van der Waals surface area contributed by atoms with Gasteiger partial charge in [-0.25, -0.2) is 0 Å². The highest BCUT2D eigenvalue weighted by atomic mass is 16.3. The molecule has 1 fully saturated rings. The average molecular weight is 220 g/mol. The number of aliphatic hydroxyl groups is 1. The lowest BCUT2D eigenvalue weighted by molar-refractivity contribution is 0.135. The molecule has 2 rings (SSSR count). The van der Waals surface area contributed by atoms with Crippen molar-refractivity contribution < 1.29 is 5.11 Å². The van der Waals surface area contributed by atoms with Gasteiger partial charge in [0.15, 0.2) is 0 Å². The van der Waals surface area contributed by atoms with E-state index in [1.54, 1.807) is 0 Å². The van der Waals surface area contributed by atoms with Gasteiger partial charge in [0.05, 0.1) is 6.10 Å². The zero-order valence-corrected chi connectivity index (χ0v) is 11.0. The predicted octanol–water partition coefficient (Wildman–Crippen LogP) is 3.70. The van der Waals surface area contributed by atoms with Crippen LogP contribution in [0.25, 0.3) is 0 Å². The first kappa shape index (κ1) is 11.9. The molecular formula is C15H24O. The van der Waals surface area contributed by atoms with E-state index in [2.05, 4.69) is 39.8 Å². The van der Waals surface area contributed by atoms with Crippen molar-refractivity contribution in [1.29, 1.82) is 0 Å². The van der Waals surface area contributed by atoms with Gasteiger partial charge in [-0.3, -0.25) is 0 Å². The Kier molecular flexibility index (Phi) is 3.00. The van der Waals surface area contributed by atoms with Crippen LogP contribution in [0.1, 0.15) is 47.0 Å². The molecule has 3 atom stereocenters. The van der Waals surface area contributed by atoms with Crippen LogP contribution < -0.4 is 0 Å². The van der Waals surface area contributed by atoms with Gasteiger partial charge in [0.1, 0.15) is 0 Å². The van der Waals surface area contributed by atoms with E-state index in [9.17, 15) is 5.11 Å². The van der Waals surface area contributed by atoms with Crippen LogP contribution in [0, 0.1) is 17.3 Å². The van der Waals surface area contributed by atoms with E-state index >= 15 is 0 Å². The predicted molar refractivity (Wildman–Crippen MR) is 68.1 cm³/mol. The highest BCUT2D eigenvalue weighted by molar-refractivity contribution is 5.22. The van der Waals surface area contributed by atoms with Crippen molar-refractivity contribution in [3.8, 4) is 0 Å². The van der Waals surface area contributed by atoms with Gasteiger partial charge in [-0.1, -0.05) is 37.1 Å². The summed E-state index contributed by atoms with van der Waals surface area (Å²) in [5, 5.41) is 10.3. The minimum absolute atomic E-state index is 0.154. The maximum absolute atomic E-state index is 10.3. The highest BCUT2D eigenvalue weighted by Gasteiger charge is 2.59. The average Bonchev–Trinajstić information content (AvgIpc) is 2.67. The Morgan fingerprint density at radius 2 is 1.94 bits per heavy atom. The zero-order chi connectivity index (χ0) is 11.9. The van der Waals surface area contributed by atoms with Crippen LogP contribution in [0.3, 0.4) is 0 Å². The van der Waals surface area contributed by atoms with E-state index in [0.29, 0.717) is 17.3 Å². The Balaban J connectivity index is 2.22. The summed E-state index contributed by atoms with van der Waals surface area (Å²) in [7, 11) is 0. The first-order chi connectivity index (χ1) is 7.43. The summed E-state index contributed by atoms with van der Waals surface area (Å²) in [5.74, 6) is 1.05. The molecule has 1 N–H and O–H groups in total. The van der Waals surface area contributed by atoms with Crippen LogP contribution in [-0.4, -0.2) is 11.2 Å². The third-order valence-electron chi connectivity index (χ3n) is 4.44. The Labute approximate surface area is 99.3 Å². The largest absolute Gasteiger partial charge is 0.392 e. The smallest absolute Gasteiger partial charge is 0.0616 e. The van der Waals surface area contributed by atoms with Crippen LogP contribution in [-0.2, 0) is 0 Å². The van der Waals surface area contributed by atoms with Gasteiger partial charge in [-0.2, -0.15) is 0 Å². The van der Waals surface area contributed by atoms with Crippen LogP contribution in [0.5, 0.6) is 0 Å². The fourth-order valence-electron chi connectivity index (χ4n) is 3.25. The molecular weight excluding hydrogens is 196 g/mol. The van der Waals surface area contributed by atoms with Crippen molar-refractivity contribution in [1.82, 2.24) is 0 Å². The molecule has 2 aliphatic rings. The van der Waals surface area contributed by atoms with Crippen LogP contribution >= 0.6 is 0 Å². The summed E-state index contributed by atoms with van der Waals surface area (Å²) >= 11 is 0. The van der Waals surface area contributed by atoms with Gasteiger partial charge in [-0.15, -0.1) is 0 Å². The molecule has 1 nitrogen and oxygen atoms in total. The molecule has 90 valence electrons. The Hall–Kier alpha value is -0.560. The summed E-state index contributed by atoms with van der Waals surface area (Å²) < 4.78 is 0. The normalized spacial score (nSPS) is 44.7. The van der Waals surface area contributed by atoms with E-state index in [1.165, 1.54) is 17.6 Å². The third kappa shape index (κ3) is 2.10. The quantitative estimate of drug-likeness (QED) is 0.617. The second-order valence-corrected chi connectivity index (χ2v) is 6.25. The Bertz CT molecular complexity index is 335. The molecule has 1 heteroatoms. The number of allylic oxidation sites excluding steroid dienone is 3. The molecule has 0 unspecified atom stereocenters. The SMILES string of the molecule is C/C1=C/CC/C(C)=C/[C@@H]2[C@H]([C@@H](O)C1)C2(C)C. The number of rotatable bonds is 0. The molecule has 0 spiro atoms. The van der Waals surface area contributed by atoms with E-state index in [-0.39, 0.29) is 6.10 Å². The Morgan fingerprint density at radius 1 is 1.25 bits per heavy atom. The lowest BCUT2D eigenvalue weighted by Crippen LogP contribution is -2.14. The van der Waals surface area contributed by atoms with Gasteiger partial charge in [-0.05, 0) is 50.4 Å². The molecule has 0 aromatic carbocycles. The van der Waals surface area contributed by atoms with Crippen molar-refractivity contribution in [3.05, 3.63) is 23.3 Å². The van der Waals surface area contributed by atoms with Crippen LogP contribution in [0.4, 0.5) is 0 Å². The molecule has 2 aliphatic carbocycles. The molecule has 0 amide bonds. The van der Waals surface area contributed by atoms with Gasteiger partial charge in [0.25, 0.3) is 0 Å². The first-order valence-electron chi connectivity index (χ1n) is 6.44. The molecule has 0 saturated heterocycles. The molecule has 0 aliphatic heterocycles. The minimum Gasteiger partial charge on any atom is -0.392 e. The summed E-state index contributed by atoms with van der Waals surface area (Å²) in [6.07, 6.45) is 7.69. The van der Waals surface area contributed by atoms with Gasteiger partial charge >= 0.3 is 0 Å². The zero-order valence-electron chi connectivity index (χ0n) is 11.0. The van der Waals surface area contributed by atoms with Crippen LogP contribution in [0.2, 0.25) is 0 Å². The minimum atomic E-state index is -0.154. The highest BCUT2D eigenvalue weighted by Crippen LogP contribution is 2.61. The maximum Gasteiger partial charge on any atom is 0.0616 e. The fraction of sp³-hybridized carbons (Fsp3) is 0.733. The van der Waals surface area contributed by atoms with Gasteiger partial charge in [0, 0.05) is 0 Å². The van der Waals surface area contributed by atoms with Gasteiger partial charge in [0.2, 0.25) is 0 Å². The van der Waals surface area contributed by atoms with Crippen LogP contribution in [0.15, 0.2) is 23.3 Å². The van der Waals surface area contributed by atoms with Crippen molar-refractivity contribution in [2.75, 3.05) is 0 Å². The second-order valence-electron chi connectivity index (χ2n) is 6.25. The van der Waals surface area contributed by atoms with E-state index in [4.69, 9.17) is 0 Å². The number of hydrogen-bond donors (Lipinski definition) is 1. The van der Waals surface area contributed by atoms with E-state index in [1.807, 2.05) is 0 Å². The second kappa shape index (κ2) is 4.03. The summed E-state index contributed by atoms with van der Waals surface area (Å²) in [6.45, 7) is 8.94.